The number of nitrogens with zero attached hydrogens (tertiary/aromatic N) is 2. The van der Waals surface area contributed by atoms with Crippen molar-refractivity contribution >= 4 is 28.4 Å². The summed E-state index contributed by atoms with van der Waals surface area (Å²) in [7, 11) is 0. The molecule has 158 valence electrons. The molecule has 6 nitrogen and oxygen atoms in total. The molecule has 0 spiro atoms. The van der Waals surface area contributed by atoms with E-state index in [0.29, 0.717) is 17.5 Å². The van der Waals surface area contributed by atoms with Gasteiger partial charge in [-0.25, -0.2) is 0 Å². The molecule has 0 radical (unpaired) electrons. The number of amides is 2. The van der Waals surface area contributed by atoms with Gasteiger partial charge in [-0.05, 0) is 55.5 Å². The van der Waals surface area contributed by atoms with Gasteiger partial charge in [0.1, 0.15) is 5.56 Å². The summed E-state index contributed by atoms with van der Waals surface area (Å²) in [5, 5.41) is 3.42. The number of pyridine rings is 1. The smallest absolute Gasteiger partial charge is 0.261 e. The number of hydrogen-bond acceptors (Lipinski definition) is 3. The number of likely N-dealkylation sites (tertiary alicyclic amines) is 1. The van der Waals surface area contributed by atoms with Crippen molar-refractivity contribution < 1.29 is 9.59 Å². The molecule has 2 amide bonds. The Hall–Kier alpha value is -3.41. The number of carbonyl (C=O) groups is 2. The minimum Gasteiger partial charge on any atom is -0.343 e. The SMILES string of the molecule is C[C@H]1Cc2cccc3c(=O)c(C(=O)Nc4ccc(CC(=O)N5CCCC5)cc4)cn1c23. The van der Waals surface area contributed by atoms with Gasteiger partial charge in [-0.3, -0.25) is 14.4 Å². The van der Waals surface area contributed by atoms with Gasteiger partial charge < -0.3 is 14.8 Å². The maximum Gasteiger partial charge on any atom is 0.261 e. The molecule has 2 aromatic carbocycles. The van der Waals surface area contributed by atoms with E-state index in [0.717, 1.165) is 49.0 Å². The molecule has 1 aromatic heterocycles. The lowest BCUT2D eigenvalue weighted by atomic mass is 10.1. The second kappa shape index (κ2) is 7.69. The van der Waals surface area contributed by atoms with E-state index in [1.807, 2.05) is 33.7 Å². The fraction of sp³-hybridized carbons (Fsp3) is 0.320. The highest BCUT2D eigenvalue weighted by molar-refractivity contribution is 6.06. The first-order chi connectivity index (χ1) is 15.0. The number of rotatable bonds is 4. The average Bonchev–Trinajstić information content (AvgIpc) is 3.41. The third-order valence-electron chi connectivity index (χ3n) is 6.40. The molecule has 31 heavy (non-hydrogen) atoms. The zero-order valence-corrected chi connectivity index (χ0v) is 17.6. The third kappa shape index (κ3) is 3.52. The summed E-state index contributed by atoms with van der Waals surface area (Å²) in [5.74, 6) is -0.272. The van der Waals surface area contributed by atoms with Crippen molar-refractivity contribution in [3.05, 3.63) is 75.6 Å². The Balaban J connectivity index is 1.35. The van der Waals surface area contributed by atoms with Crippen LogP contribution in [-0.2, 0) is 17.6 Å². The van der Waals surface area contributed by atoms with Crippen LogP contribution in [0.2, 0.25) is 0 Å². The van der Waals surface area contributed by atoms with Gasteiger partial charge in [-0.1, -0.05) is 24.3 Å². The molecule has 0 aliphatic carbocycles. The third-order valence-corrected chi connectivity index (χ3v) is 6.40. The van der Waals surface area contributed by atoms with Crippen molar-refractivity contribution in [3.63, 3.8) is 0 Å². The summed E-state index contributed by atoms with van der Waals surface area (Å²) in [6.45, 7) is 3.78. The zero-order valence-electron chi connectivity index (χ0n) is 17.6. The number of carbonyl (C=O) groups excluding carboxylic acids is 2. The van der Waals surface area contributed by atoms with Gasteiger partial charge in [0.05, 0.1) is 11.9 Å². The number of benzene rings is 2. The van der Waals surface area contributed by atoms with E-state index in [1.165, 1.54) is 0 Å². The number of para-hydroxylation sites is 1. The van der Waals surface area contributed by atoms with Crippen molar-refractivity contribution in [2.75, 3.05) is 18.4 Å². The highest BCUT2D eigenvalue weighted by atomic mass is 16.2. The van der Waals surface area contributed by atoms with E-state index < -0.39 is 5.91 Å². The summed E-state index contributed by atoms with van der Waals surface area (Å²) >= 11 is 0. The van der Waals surface area contributed by atoms with Crippen molar-refractivity contribution in [1.29, 1.82) is 0 Å². The monoisotopic (exact) mass is 415 g/mol. The highest BCUT2D eigenvalue weighted by Gasteiger charge is 2.24. The zero-order chi connectivity index (χ0) is 21.5. The van der Waals surface area contributed by atoms with E-state index in [9.17, 15) is 14.4 Å². The van der Waals surface area contributed by atoms with Gasteiger partial charge in [-0.15, -0.1) is 0 Å². The molecule has 6 heteroatoms. The fourth-order valence-electron chi connectivity index (χ4n) is 4.73. The highest BCUT2D eigenvalue weighted by Crippen LogP contribution is 2.31. The van der Waals surface area contributed by atoms with Gasteiger partial charge in [0.25, 0.3) is 5.91 Å². The molecule has 3 heterocycles. The second-order valence-corrected chi connectivity index (χ2v) is 8.56. The maximum absolute atomic E-state index is 13.0. The Morgan fingerprint density at radius 1 is 1.06 bits per heavy atom. The maximum atomic E-state index is 13.0. The van der Waals surface area contributed by atoms with Crippen molar-refractivity contribution in [2.24, 2.45) is 0 Å². The number of aromatic nitrogens is 1. The minimum absolute atomic E-state index is 0.144. The lowest BCUT2D eigenvalue weighted by Gasteiger charge is -2.15. The molecule has 1 fully saturated rings. The Morgan fingerprint density at radius 2 is 1.81 bits per heavy atom. The molecule has 1 saturated heterocycles. The van der Waals surface area contributed by atoms with Crippen molar-refractivity contribution in [3.8, 4) is 0 Å². The largest absolute Gasteiger partial charge is 0.343 e. The van der Waals surface area contributed by atoms with Crippen molar-refractivity contribution in [2.45, 2.75) is 38.6 Å². The molecule has 0 saturated carbocycles. The molecule has 1 N–H and O–H groups in total. The van der Waals surface area contributed by atoms with Crippen LogP contribution in [0.3, 0.4) is 0 Å². The minimum atomic E-state index is -0.416. The molecule has 1 atom stereocenters. The van der Waals surface area contributed by atoms with Crippen LogP contribution in [-0.4, -0.2) is 34.4 Å². The Bertz CT molecular complexity index is 1240. The fourth-order valence-corrected chi connectivity index (χ4v) is 4.73. The van der Waals surface area contributed by atoms with Crippen LogP contribution in [0.5, 0.6) is 0 Å². The van der Waals surface area contributed by atoms with Gasteiger partial charge in [0.15, 0.2) is 0 Å². The van der Waals surface area contributed by atoms with Crippen LogP contribution in [0.25, 0.3) is 10.9 Å². The first-order valence-electron chi connectivity index (χ1n) is 10.9. The van der Waals surface area contributed by atoms with Crippen LogP contribution in [0.15, 0.2) is 53.5 Å². The van der Waals surface area contributed by atoms with Gasteiger partial charge in [0.2, 0.25) is 11.3 Å². The van der Waals surface area contributed by atoms with Gasteiger partial charge >= 0.3 is 0 Å². The van der Waals surface area contributed by atoms with E-state index >= 15 is 0 Å². The van der Waals surface area contributed by atoms with Crippen LogP contribution in [0.1, 0.15) is 47.3 Å². The van der Waals surface area contributed by atoms with Crippen molar-refractivity contribution in [1.82, 2.24) is 9.47 Å². The van der Waals surface area contributed by atoms with E-state index in [4.69, 9.17) is 0 Å². The van der Waals surface area contributed by atoms with E-state index in [1.54, 1.807) is 24.4 Å². The molecule has 0 unspecified atom stereocenters. The Morgan fingerprint density at radius 3 is 2.55 bits per heavy atom. The standard InChI is InChI=1S/C25H25N3O3/c1-16-13-18-5-4-6-20-23(18)28(16)15-21(24(20)30)25(31)26-19-9-7-17(8-10-19)14-22(29)27-11-2-3-12-27/h4-10,15-16H,2-3,11-14H2,1H3,(H,26,31)/t16-/m0/s1. The molecular weight excluding hydrogens is 390 g/mol. The molecule has 2 aliphatic heterocycles. The summed E-state index contributed by atoms with van der Waals surface area (Å²) in [6.07, 6.45) is 5.06. The summed E-state index contributed by atoms with van der Waals surface area (Å²) in [4.78, 5) is 40.1. The Kier molecular flexibility index (Phi) is 4.85. The number of nitrogens with one attached hydrogen (secondary N) is 1. The topological polar surface area (TPSA) is 71.4 Å². The van der Waals surface area contributed by atoms with Gasteiger partial charge in [0, 0.05) is 36.4 Å². The lowest BCUT2D eigenvalue weighted by molar-refractivity contribution is -0.129. The normalized spacial score (nSPS) is 17.3. The lowest BCUT2D eigenvalue weighted by Crippen LogP contribution is -2.29. The van der Waals surface area contributed by atoms with Crippen LogP contribution < -0.4 is 10.7 Å². The van der Waals surface area contributed by atoms with Crippen LogP contribution >= 0.6 is 0 Å². The number of anilines is 1. The number of hydrogen-bond donors (Lipinski definition) is 1. The van der Waals surface area contributed by atoms with Crippen LogP contribution in [0.4, 0.5) is 5.69 Å². The van der Waals surface area contributed by atoms with E-state index in [-0.39, 0.29) is 22.9 Å². The molecule has 5 rings (SSSR count). The average molecular weight is 415 g/mol. The molecular formula is C25H25N3O3. The van der Waals surface area contributed by atoms with E-state index in [2.05, 4.69) is 12.2 Å². The summed E-state index contributed by atoms with van der Waals surface area (Å²) < 4.78 is 2.04. The predicted molar refractivity (Wildman–Crippen MR) is 121 cm³/mol. The molecule has 2 aliphatic rings. The Labute approximate surface area is 180 Å². The van der Waals surface area contributed by atoms with Crippen LogP contribution in [0, 0.1) is 0 Å². The summed E-state index contributed by atoms with van der Waals surface area (Å²) in [6, 6.07) is 13.2. The predicted octanol–water partition coefficient (Wildman–Crippen LogP) is 3.54. The molecule has 0 bridgehead atoms. The van der Waals surface area contributed by atoms with Gasteiger partial charge in [-0.2, -0.15) is 0 Å². The summed E-state index contributed by atoms with van der Waals surface area (Å²) in [5.41, 5.74) is 3.50. The first kappa shape index (κ1) is 19.5. The second-order valence-electron chi connectivity index (χ2n) is 8.56. The first-order valence-corrected chi connectivity index (χ1v) is 10.9. The quantitative estimate of drug-likeness (QED) is 0.709. The molecule has 3 aromatic rings.